The lowest BCUT2D eigenvalue weighted by atomic mass is 10.1. The molecule has 0 unspecified atom stereocenters. The number of morpholine rings is 1. The highest BCUT2D eigenvalue weighted by molar-refractivity contribution is 5.95. The minimum atomic E-state index is -0.215. The lowest BCUT2D eigenvalue weighted by molar-refractivity contribution is 0.0297. The number of amides is 1. The summed E-state index contributed by atoms with van der Waals surface area (Å²) in [5, 5.41) is 20.7. The minimum Gasteiger partial charge on any atom is -0.457 e. The van der Waals surface area contributed by atoms with Gasteiger partial charge in [-0.05, 0) is 43.3 Å². The number of carbonyl (C=O) groups excluding carboxylic acids is 1. The molecule has 0 saturated carbocycles. The van der Waals surface area contributed by atoms with Crippen LogP contribution in [0.3, 0.4) is 0 Å². The van der Waals surface area contributed by atoms with Crippen molar-refractivity contribution < 1.29 is 14.3 Å². The van der Waals surface area contributed by atoms with E-state index < -0.39 is 0 Å². The Bertz CT molecular complexity index is 1100. The van der Waals surface area contributed by atoms with E-state index in [2.05, 4.69) is 15.5 Å². The molecule has 0 spiro atoms. The second-order valence-electron chi connectivity index (χ2n) is 6.98. The Balaban J connectivity index is 1.56. The average Bonchev–Trinajstić information content (AvgIpc) is 2.82. The number of para-hydroxylation sites is 1. The minimum absolute atomic E-state index is 0.126. The number of carbonyl (C=O) groups is 1. The van der Waals surface area contributed by atoms with Gasteiger partial charge in [-0.1, -0.05) is 18.2 Å². The summed E-state index contributed by atoms with van der Waals surface area (Å²) in [4.78, 5) is 14.6. The molecule has 31 heavy (non-hydrogen) atoms. The van der Waals surface area contributed by atoms with Crippen LogP contribution in [0.15, 0.2) is 54.6 Å². The van der Waals surface area contributed by atoms with Crippen LogP contribution in [-0.2, 0) is 4.74 Å². The largest absolute Gasteiger partial charge is 0.457 e. The highest BCUT2D eigenvalue weighted by Gasteiger charge is 2.24. The quantitative estimate of drug-likeness (QED) is 0.679. The van der Waals surface area contributed by atoms with E-state index in [9.17, 15) is 10.1 Å². The van der Waals surface area contributed by atoms with Crippen LogP contribution in [0.5, 0.6) is 11.5 Å². The molecule has 1 saturated heterocycles. The molecular weight excluding hydrogens is 394 g/mol. The maximum atomic E-state index is 12.9. The molecule has 156 valence electrons. The van der Waals surface area contributed by atoms with Gasteiger partial charge in [-0.25, -0.2) is 0 Å². The SMILES string of the molecule is Cc1c(C(=O)N2CCOCC2)nnc(C#N)c1Nc1ccc(Oc2ccccc2)cc1. The van der Waals surface area contributed by atoms with Crippen molar-refractivity contribution in [3.05, 3.63) is 71.5 Å². The number of nitrogens with zero attached hydrogens (tertiary/aromatic N) is 4. The van der Waals surface area contributed by atoms with E-state index in [1.807, 2.05) is 60.7 Å². The van der Waals surface area contributed by atoms with Crippen molar-refractivity contribution in [2.45, 2.75) is 6.92 Å². The number of nitriles is 1. The van der Waals surface area contributed by atoms with Crippen molar-refractivity contribution in [2.24, 2.45) is 0 Å². The van der Waals surface area contributed by atoms with Crippen molar-refractivity contribution in [2.75, 3.05) is 31.6 Å². The standard InChI is InChI=1S/C23H21N5O3/c1-16-21(20(15-24)26-27-22(16)23(29)28-11-13-30-14-12-28)25-17-7-9-19(10-8-17)31-18-5-3-2-4-6-18/h2-10H,11-14H2,1H3,(H,25,27). The van der Waals surface area contributed by atoms with E-state index in [0.717, 1.165) is 11.4 Å². The number of ether oxygens (including phenoxy) is 2. The molecule has 1 aliphatic rings. The van der Waals surface area contributed by atoms with E-state index in [1.54, 1.807) is 11.8 Å². The Hall–Kier alpha value is -3.96. The number of rotatable bonds is 5. The Morgan fingerprint density at radius 2 is 1.74 bits per heavy atom. The van der Waals surface area contributed by atoms with Gasteiger partial charge in [-0.15, -0.1) is 10.2 Å². The summed E-state index contributed by atoms with van der Waals surface area (Å²) in [7, 11) is 0. The predicted molar refractivity (Wildman–Crippen MR) is 114 cm³/mol. The van der Waals surface area contributed by atoms with Gasteiger partial charge in [0.2, 0.25) is 0 Å². The molecule has 3 aromatic rings. The average molecular weight is 415 g/mol. The van der Waals surface area contributed by atoms with Crippen LogP contribution in [0.25, 0.3) is 0 Å². The maximum Gasteiger partial charge on any atom is 0.274 e. The van der Waals surface area contributed by atoms with Gasteiger partial charge >= 0.3 is 0 Å². The summed E-state index contributed by atoms with van der Waals surface area (Å²) < 4.78 is 11.1. The second kappa shape index (κ2) is 9.24. The van der Waals surface area contributed by atoms with Gasteiger partial charge in [-0.2, -0.15) is 5.26 Å². The fraction of sp³-hybridized carbons (Fsp3) is 0.217. The molecule has 1 fully saturated rings. The third kappa shape index (κ3) is 4.63. The normalized spacial score (nSPS) is 13.4. The third-order valence-corrected chi connectivity index (χ3v) is 4.93. The first kappa shape index (κ1) is 20.3. The molecule has 1 amide bonds. The van der Waals surface area contributed by atoms with Crippen molar-refractivity contribution in [3.8, 4) is 17.6 Å². The van der Waals surface area contributed by atoms with Crippen molar-refractivity contribution in [1.29, 1.82) is 5.26 Å². The van der Waals surface area contributed by atoms with Gasteiger partial charge in [-0.3, -0.25) is 4.79 Å². The van der Waals surface area contributed by atoms with Crippen LogP contribution in [0, 0.1) is 18.3 Å². The van der Waals surface area contributed by atoms with Crippen LogP contribution in [0.4, 0.5) is 11.4 Å². The number of aromatic nitrogens is 2. The first-order valence-corrected chi connectivity index (χ1v) is 9.90. The van der Waals surface area contributed by atoms with Gasteiger partial charge in [0, 0.05) is 24.3 Å². The summed E-state index contributed by atoms with van der Waals surface area (Å²) in [6.07, 6.45) is 0. The van der Waals surface area contributed by atoms with Gasteiger partial charge in [0.05, 0.1) is 18.9 Å². The van der Waals surface area contributed by atoms with E-state index >= 15 is 0 Å². The highest BCUT2D eigenvalue weighted by Crippen LogP contribution is 2.28. The third-order valence-electron chi connectivity index (χ3n) is 4.93. The number of nitrogens with one attached hydrogen (secondary N) is 1. The van der Waals surface area contributed by atoms with Crippen LogP contribution >= 0.6 is 0 Å². The zero-order valence-corrected chi connectivity index (χ0v) is 17.0. The van der Waals surface area contributed by atoms with Gasteiger partial charge < -0.3 is 19.7 Å². The van der Waals surface area contributed by atoms with Gasteiger partial charge in [0.15, 0.2) is 11.4 Å². The second-order valence-corrected chi connectivity index (χ2v) is 6.98. The molecule has 4 rings (SSSR count). The molecule has 1 N–H and O–H groups in total. The Labute approximate surface area is 180 Å². The van der Waals surface area contributed by atoms with E-state index in [1.165, 1.54) is 0 Å². The lowest BCUT2D eigenvalue weighted by Crippen LogP contribution is -2.41. The van der Waals surface area contributed by atoms with Crippen LogP contribution < -0.4 is 10.1 Å². The molecule has 2 aromatic carbocycles. The van der Waals surface area contributed by atoms with Gasteiger partial charge in [0.25, 0.3) is 5.91 Å². The molecule has 2 heterocycles. The predicted octanol–water partition coefficient (Wildman–Crippen LogP) is 3.67. The smallest absolute Gasteiger partial charge is 0.274 e. The van der Waals surface area contributed by atoms with Crippen molar-refractivity contribution in [3.63, 3.8) is 0 Å². The fourth-order valence-electron chi connectivity index (χ4n) is 3.25. The summed E-state index contributed by atoms with van der Waals surface area (Å²) >= 11 is 0. The maximum absolute atomic E-state index is 12.9. The number of benzene rings is 2. The number of hydrogen-bond acceptors (Lipinski definition) is 7. The molecule has 8 nitrogen and oxygen atoms in total. The molecule has 0 radical (unpaired) electrons. The summed E-state index contributed by atoms with van der Waals surface area (Å²) in [5.74, 6) is 1.22. The molecule has 0 atom stereocenters. The molecular formula is C23H21N5O3. The summed E-state index contributed by atoms with van der Waals surface area (Å²) in [6.45, 7) is 3.77. The lowest BCUT2D eigenvalue weighted by Gasteiger charge is -2.27. The molecule has 8 heteroatoms. The number of anilines is 2. The first-order chi connectivity index (χ1) is 15.2. The van der Waals surface area contributed by atoms with E-state index in [-0.39, 0.29) is 17.3 Å². The Kier molecular flexibility index (Phi) is 6.05. The van der Waals surface area contributed by atoms with E-state index in [0.29, 0.717) is 43.3 Å². The zero-order valence-electron chi connectivity index (χ0n) is 17.0. The van der Waals surface area contributed by atoms with Crippen LogP contribution in [-0.4, -0.2) is 47.3 Å². The summed E-state index contributed by atoms with van der Waals surface area (Å²) in [5.41, 5.74) is 2.13. The first-order valence-electron chi connectivity index (χ1n) is 9.90. The van der Waals surface area contributed by atoms with Crippen molar-refractivity contribution >= 4 is 17.3 Å². The van der Waals surface area contributed by atoms with Crippen LogP contribution in [0.2, 0.25) is 0 Å². The van der Waals surface area contributed by atoms with Crippen LogP contribution in [0.1, 0.15) is 21.7 Å². The molecule has 1 aromatic heterocycles. The van der Waals surface area contributed by atoms with Crippen molar-refractivity contribution in [1.82, 2.24) is 15.1 Å². The zero-order chi connectivity index (χ0) is 21.6. The number of hydrogen-bond donors (Lipinski definition) is 1. The summed E-state index contributed by atoms with van der Waals surface area (Å²) in [6, 6.07) is 18.9. The monoisotopic (exact) mass is 415 g/mol. The Morgan fingerprint density at radius 1 is 1.06 bits per heavy atom. The van der Waals surface area contributed by atoms with E-state index in [4.69, 9.17) is 9.47 Å². The van der Waals surface area contributed by atoms with Gasteiger partial charge in [0.1, 0.15) is 17.6 Å². The molecule has 0 aliphatic carbocycles. The molecule has 0 bridgehead atoms. The molecule has 1 aliphatic heterocycles. The highest BCUT2D eigenvalue weighted by atomic mass is 16.5. The Morgan fingerprint density at radius 3 is 2.42 bits per heavy atom. The topological polar surface area (TPSA) is 100 Å². The fourth-order valence-corrected chi connectivity index (χ4v) is 3.25.